The molecule has 0 aliphatic carbocycles. The Balaban J connectivity index is 1.50. The van der Waals surface area contributed by atoms with Gasteiger partial charge in [-0.2, -0.15) is 4.98 Å². The van der Waals surface area contributed by atoms with Crippen LogP contribution in [-0.4, -0.2) is 55.4 Å². The van der Waals surface area contributed by atoms with Crippen molar-refractivity contribution in [2.24, 2.45) is 0 Å². The van der Waals surface area contributed by atoms with E-state index in [9.17, 15) is 4.79 Å². The summed E-state index contributed by atoms with van der Waals surface area (Å²) in [6, 6.07) is 11.0. The molecular formula is C24H27N3O6. The van der Waals surface area contributed by atoms with Crippen LogP contribution in [0.15, 0.2) is 40.9 Å². The van der Waals surface area contributed by atoms with Crippen LogP contribution in [0.4, 0.5) is 0 Å². The fraction of sp³-hybridized carbons (Fsp3) is 0.375. The number of hydrogen-bond donors (Lipinski definition) is 0. The monoisotopic (exact) mass is 453 g/mol. The summed E-state index contributed by atoms with van der Waals surface area (Å²) in [5, 5.41) is 4.12. The van der Waals surface area contributed by atoms with Gasteiger partial charge in [-0.25, -0.2) is 0 Å². The van der Waals surface area contributed by atoms with Gasteiger partial charge in [-0.3, -0.25) is 4.79 Å². The maximum absolute atomic E-state index is 12.7. The molecule has 9 nitrogen and oxygen atoms in total. The summed E-state index contributed by atoms with van der Waals surface area (Å²) in [6.07, 6.45) is 0.306. The molecule has 1 aromatic heterocycles. The second-order valence-corrected chi connectivity index (χ2v) is 7.61. The first kappa shape index (κ1) is 22.4. The van der Waals surface area contributed by atoms with E-state index in [1.807, 2.05) is 37.3 Å². The maximum atomic E-state index is 12.7. The lowest BCUT2D eigenvalue weighted by atomic mass is 10.1. The number of rotatable bonds is 9. The van der Waals surface area contributed by atoms with E-state index in [4.69, 9.17) is 23.5 Å². The van der Waals surface area contributed by atoms with Gasteiger partial charge in [0.15, 0.2) is 11.5 Å². The van der Waals surface area contributed by atoms with Crippen molar-refractivity contribution in [3.63, 3.8) is 0 Å². The second kappa shape index (κ2) is 9.81. The van der Waals surface area contributed by atoms with Crippen LogP contribution in [-0.2, 0) is 11.3 Å². The van der Waals surface area contributed by atoms with Crippen molar-refractivity contribution in [1.29, 1.82) is 0 Å². The Morgan fingerprint density at radius 1 is 1.03 bits per heavy atom. The van der Waals surface area contributed by atoms with E-state index in [1.165, 1.54) is 0 Å². The van der Waals surface area contributed by atoms with Gasteiger partial charge in [-0.15, -0.1) is 0 Å². The highest BCUT2D eigenvalue weighted by Gasteiger charge is 2.35. The summed E-state index contributed by atoms with van der Waals surface area (Å²) < 4.78 is 27.2. The molecular weight excluding hydrogens is 426 g/mol. The van der Waals surface area contributed by atoms with Crippen molar-refractivity contribution in [1.82, 2.24) is 15.0 Å². The third kappa shape index (κ3) is 4.72. The lowest BCUT2D eigenvalue weighted by Gasteiger charge is -2.18. The topological polar surface area (TPSA) is 96.2 Å². The molecule has 174 valence electrons. The number of methoxy groups -OCH3 is 3. The highest BCUT2D eigenvalue weighted by molar-refractivity contribution is 5.79. The van der Waals surface area contributed by atoms with E-state index in [-0.39, 0.29) is 11.8 Å². The fourth-order valence-corrected chi connectivity index (χ4v) is 3.90. The number of nitrogens with zero attached hydrogens (tertiary/aromatic N) is 3. The first-order valence-corrected chi connectivity index (χ1v) is 10.7. The highest BCUT2D eigenvalue weighted by Crippen LogP contribution is 2.34. The van der Waals surface area contributed by atoms with Crippen LogP contribution in [0.25, 0.3) is 11.4 Å². The van der Waals surface area contributed by atoms with Crippen LogP contribution in [0.3, 0.4) is 0 Å². The van der Waals surface area contributed by atoms with Crippen molar-refractivity contribution in [3.05, 3.63) is 47.9 Å². The van der Waals surface area contributed by atoms with Gasteiger partial charge in [0.25, 0.3) is 0 Å². The molecule has 33 heavy (non-hydrogen) atoms. The van der Waals surface area contributed by atoms with Gasteiger partial charge >= 0.3 is 0 Å². The van der Waals surface area contributed by atoms with Gasteiger partial charge in [0.1, 0.15) is 11.5 Å². The molecule has 4 rings (SSSR count). The van der Waals surface area contributed by atoms with E-state index >= 15 is 0 Å². The minimum Gasteiger partial charge on any atom is -0.497 e. The van der Waals surface area contributed by atoms with Crippen LogP contribution in [0.5, 0.6) is 23.0 Å². The van der Waals surface area contributed by atoms with E-state index in [0.717, 1.165) is 11.1 Å². The Labute approximate surface area is 192 Å². The average Bonchev–Trinajstić information content (AvgIpc) is 3.46. The first-order chi connectivity index (χ1) is 16.1. The zero-order valence-electron chi connectivity index (χ0n) is 19.2. The largest absolute Gasteiger partial charge is 0.497 e. The third-order valence-corrected chi connectivity index (χ3v) is 5.58. The van der Waals surface area contributed by atoms with Crippen LogP contribution >= 0.6 is 0 Å². The fourth-order valence-electron chi connectivity index (χ4n) is 3.90. The molecule has 0 radical (unpaired) electrons. The van der Waals surface area contributed by atoms with Crippen molar-refractivity contribution < 1.29 is 28.3 Å². The maximum Gasteiger partial charge on any atom is 0.232 e. The van der Waals surface area contributed by atoms with Crippen molar-refractivity contribution in [2.75, 3.05) is 34.5 Å². The van der Waals surface area contributed by atoms with Gasteiger partial charge in [0.05, 0.1) is 33.9 Å². The van der Waals surface area contributed by atoms with E-state index in [2.05, 4.69) is 10.1 Å². The summed E-state index contributed by atoms with van der Waals surface area (Å²) in [5.74, 6) is 3.37. The summed E-state index contributed by atoms with van der Waals surface area (Å²) in [4.78, 5) is 19.0. The van der Waals surface area contributed by atoms with Crippen LogP contribution < -0.4 is 18.9 Å². The molecule has 1 aliphatic heterocycles. The number of likely N-dealkylation sites (tertiary alicyclic amines) is 1. The van der Waals surface area contributed by atoms with Gasteiger partial charge < -0.3 is 28.4 Å². The van der Waals surface area contributed by atoms with Gasteiger partial charge in [0, 0.05) is 30.6 Å². The molecule has 2 aromatic carbocycles. The Kier molecular flexibility index (Phi) is 6.67. The molecule has 1 fully saturated rings. The lowest BCUT2D eigenvalue weighted by molar-refractivity contribution is -0.128. The standard InChI is InChI=1S/C24H27N3O6/c1-5-32-20-8-6-15(11-21(20)31-4)23-25-24(33-26-23)17-12-22(28)27(14-17)13-16-10-18(29-2)7-9-19(16)30-3/h6-11,17H,5,12-14H2,1-4H3. The van der Waals surface area contributed by atoms with Gasteiger partial charge in [0.2, 0.25) is 17.6 Å². The summed E-state index contributed by atoms with van der Waals surface area (Å²) >= 11 is 0. The SMILES string of the molecule is CCOc1ccc(-c2noc(C3CC(=O)N(Cc4cc(OC)ccc4OC)C3)n2)cc1OC. The molecule has 1 aliphatic rings. The molecule has 0 N–H and O–H groups in total. The predicted molar refractivity (Wildman–Crippen MR) is 120 cm³/mol. The van der Waals surface area contributed by atoms with E-state index < -0.39 is 0 Å². The van der Waals surface area contributed by atoms with Gasteiger partial charge in [-0.05, 0) is 43.3 Å². The predicted octanol–water partition coefficient (Wildman–Crippen LogP) is 3.68. The normalized spacial score (nSPS) is 15.6. The van der Waals surface area contributed by atoms with Gasteiger partial charge in [-0.1, -0.05) is 5.16 Å². The Bertz CT molecular complexity index is 1130. The summed E-state index contributed by atoms with van der Waals surface area (Å²) in [5.41, 5.74) is 1.62. The molecule has 0 saturated carbocycles. The summed E-state index contributed by atoms with van der Waals surface area (Å²) in [7, 11) is 4.80. The number of benzene rings is 2. The number of hydrogen-bond acceptors (Lipinski definition) is 8. The number of aromatic nitrogens is 2. The van der Waals surface area contributed by atoms with Crippen molar-refractivity contribution in [2.45, 2.75) is 25.8 Å². The number of carbonyl (C=O) groups is 1. The Hall–Kier alpha value is -3.75. The lowest BCUT2D eigenvalue weighted by Crippen LogP contribution is -2.24. The summed E-state index contributed by atoms with van der Waals surface area (Å²) in [6.45, 7) is 3.34. The molecule has 1 unspecified atom stereocenters. The smallest absolute Gasteiger partial charge is 0.232 e. The van der Waals surface area contributed by atoms with Crippen molar-refractivity contribution >= 4 is 5.91 Å². The first-order valence-electron chi connectivity index (χ1n) is 10.7. The average molecular weight is 453 g/mol. The molecule has 1 amide bonds. The minimum atomic E-state index is -0.181. The quantitative estimate of drug-likeness (QED) is 0.484. The minimum absolute atomic E-state index is 0.0207. The second-order valence-electron chi connectivity index (χ2n) is 7.61. The number of ether oxygens (including phenoxy) is 4. The van der Waals surface area contributed by atoms with E-state index in [0.29, 0.717) is 60.8 Å². The molecule has 3 aromatic rings. The van der Waals surface area contributed by atoms with Crippen LogP contribution in [0.1, 0.15) is 30.7 Å². The van der Waals surface area contributed by atoms with Crippen molar-refractivity contribution in [3.8, 4) is 34.4 Å². The van der Waals surface area contributed by atoms with E-state index in [1.54, 1.807) is 32.3 Å². The Morgan fingerprint density at radius 3 is 2.55 bits per heavy atom. The molecule has 9 heteroatoms. The third-order valence-electron chi connectivity index (χ3n) is 5.58. The molecule has 2 heterocycles. The Morgan fingerprint density at radius 2 is 1.82 bits per heavy atom. The molecule has 0 bridgehead atoms. The number of amides is 1. The van der Waals surface area contributed by atoms with Crippen LogP contribution in [0, 0.1) is 0 Å². The van der Waals surface area contributed by atoms with Crippen LogP contribution in [0.2, 0.25) is 0 Å². The highest BCUT2D eigenvalue weighted by atomic mass is 16.5. The number of carbonyl (C=O) groups excluding carboxylic acids is 1. The molecule has 1 atom stereocenters. The zero-order chi connectivity index (χ0) is 23.4. The zero-order valence-corrected chi connectivity index (χ0v) is 19.2. The molecule has 0 spiro atoms. The molecule has 1 saturated heterocycles.